The first-order valence-electron chi connectivity index (χ1n) is 2.89. The molecule has 0 N–H and O–H groups in total. The maximum atomic E-state index is 9.80. The van der Waals surface area contributed by atoms with Crippen LogP contribution >= 0.6 is 0 Å². The van der Waals surface area contributed by atoms with Crippen LogP contribution in [0.4, 0.5) is 4.79 Å². The minimum atomic E-state index is -0.546. The van der Waals surface area contributed by atoms with E-state index in [1.165, 1.54) is 13.8 Å². The largest absolute Gasteiger partial charge is 0.508 e. The Labute approximate surface area is 59.1 Å². The number of hydrogen-bond acceptors (Lipinski definition) is 4. The average molecular weight is 146 g/mol. The van der Waals surface area contributed by atoms with E-state index in [-0.39, 0.29) is 5.78 Å². The Morgan fingerprint density at radius 3 is 1.70 bits per heavy atom. The molecule has 0 aliphatic carbocycles. The van der Waals surface area contributed by atoms with Crippen LogP contribution in [0.2, 0.25) is 0 Å². The summed E-state index contributed by atoms with van der Waals surface area (Å²) in [4.78, 5) is 19.2. The Morgan fingerprint density at radius 1 is 1.30 bits per heavy atom. The van der Waals surface area contributed by atoms with Gasteiger partial charge >= 0.3 is 6.16 Å². The van der Waals surface area contributed by atoms with E-state index in [9.17, 15) is 9.59 Å². The lowest BCUT2D eigenvalue weighted by Gasteiger charge is -1.78. The summed E-state index contributed by atoms with van der Waals surface area (Å²) < 4.78 is 8.58. The van der Waals surface area contributed by atoms with Crippen molar-refractivity contribution in [1.29, 1.82) is 0 Å². The monoisotopic (exact) mass is 146 g/mol. The number of carbonyl (C=O) groups is 2. The molecule has 0 atom stereocenters. The maximum absolute atomic E-state index is 9.80. The van der Waals surface area contributed by atoms with Crippen LogP contribution in [0.15, 0.2) is 0 Å². The lowest BCUT2D eigenvalue weighted by Crippen LogP contribution is -1.88. The van der Waals surface area contributed by atoms with Crippen molar-refractivity contribution in [1.82, 2.24) is 0 Å². The topological polar surface area (TPSA) is 52.6 Å². The van der Waals surface area contributed by atoms with Crippen molar-refractivity contribution in [2.75, 3.05) is 13.2 Å². The number of Topliss-reactive ketones (excluding diaryl/α,β-unsaturated/α-hetero) is 1. The van der Waals surface area contributed by atoms with Gasteiger partial charge in [0.15, 0.2) is 0 Å². The van der Waals surface area contributed by atoms with Gasteiger partial charge in [-0.2, -0.15) is 0 Å². The van der Waals surface area contributed by atoms with Gasteiger partial charge in [0, 0.05) is 0 Å². The highest BCUT2D eigenvalue weighted by Gasteiger charge is 2.09. The van der Waals surface area contributed by atoms with Gasteiger partial charge in [-0.1, -0.05) is 0 Å². The first kappa shape index (κ1) is 8.94. The normalized spacial score (nSPS) is 14.4. The molecule has 0 aromatic carbocycles. The lowest BCUT2D eigenvalue weighted by atomic mass is 10.6. The molecule has 4 heteroatoms. The molecule has 0 saturated carbocycles. The molecule has 0 spiro atoms. The van der Waals surface area contributed by atoms with Crippen molar-refractivity contribution in [3.63, 3.8) is 0 Å². The Kier molecular flexibility index (Phi) is 4.28. The van der Waals surface area contributed by atoms with Crippen LogP contribution in [-0.4, -0.2) is 25.2 Å². The Balaban J connectivity index is 0.000000180. The SMILES string of the molecule is CC(C)=O.O=C1OCCO1. The molecule has 0 radical (unpaired) electrons. The van der Waals surface area contributed by atoms with E-state index in [0.29, 0.717) is 13.2 Å². The highest BCUT2D eigenvalue weighted by molar-refractivity contribution is 5.72. The molecule has 1 rings (SSSR count). The number of carbonyl (C=O) groups excluding carboxylic acids is 2. The van der Waals surface area contributed by atoms with Crippen molar-refractivity contribution in [2.24, 2.45) is 0 Å². The van der Waals surface area contributed by atoms with Gasteiger partial charge in [-0.3, -0.25) is 0 Å². The zero-order valence-corrected chi connectivity index (χ0v) is 6.05. The van der Waals surface area contributed by atoms with E-state index in [2.05, 4.69) is 9.47 Å². The molecule has 0 aromatic heterocycles. The molecule has 58 valence electrons. The number of ketones is 1. The van der Waals surface area contributed by atoms with Crippen LogP contribution in [0.25, 0.3) is 0 Å². The molecule has 10 heavy (non-hydrogen) atoms. The lowest BCUT2D eigenvalue weighted by molar-refractivity contribution is -0.114. The van der Waals surface area contributed by atoms with Crippen molar-refractivity contribution < 1.29 is 19.1 Å². The molecule has 0 aromatic rings. The fourth-order valence-corrected chi connectivity index (χ4v) is 0.292. The third-order valence-corrected chi connectivity index (χ3v) is 0.523. The van der Waals surface area contributed by atoms with Crippen LogP contribution in [-0.2, 0) is 14.3 Å². The highest BCUT2D eigenvalue weighted by Crippen LogP contribution is 1.92. The molecular formula is C6H10O4. The summed E-state index contributed by atoms with van der Waals surface area (Å²) in [6, 6.07) is 0. The van der Waals surface area contributed by atoms with Gasteiger partial charge in [0.25, 0.3) is 0 Å². The predicted molar refractivity (Wildman–Crippen MR) is 33.7 cm³/mol. The summed E-state index contributed by atoms with van der Waals surface area (Å²) in [5.74, 6) is 0.167. The van der Waals surface area contributed by atoms with Gasteiger partial charge in [0.05, 0.1) is 0 Å². The molecule has 1 heterocycles. The van der Waals surface area contributed by atoms with E-state index >= 15 is 0 Å². The van der Waals surface area contributed by atoms with E-state index in [4.69, 9.17) is 0 Å². The third kappa shape index (κ3) is 6.94. The summed E-state index contributed by atoms with van der Waals surface area (Å²) in [6.45, 7) is 3.89. The van der Waals surface area contributed by atoms with E-state index < -0.39 is 6.16 Å². The predicted octanol–water partition coefficient (Wildman–Crippen LogP) is 0.749. The van der Waals surface area contributed by atoms with Crippen molar-refractivity contribution in [3.8, 4) is 0 Å². The molecule has 1 aliphatic heterocycles. The highest BCUT2D eigenvalue weighted by atomic mass is 16.8. The second kappa shape index (κ2) is 4.78. The smallest absolute Gasteiger partial charge is 0.431 e. The summed E-state index contributed by atoms with van der Waals surface area (Å²) in [7, 11) is 0. The zero-order chi connectivity index (χ0) is 7.98. The summed E-state index contributed by atoms with van der Waals surface area (Å²) in [5.41, 5.74) is 0. The average Bonchev–Trinajstić information content (AvgIpc) is 2.15. The molecule has 1 fully saturated rings. The van der Waals surface area contributed by atoms with Gasteiger partial charge in [-0.15, -0.1) is 0 Å². The summed E-state index contributed by atoms with van der Waals surface area (Å²) in [6.07, 6.45) is -0.546. The molecular weight excluding hydrogens is 136 g/mol. The fraction of sp³-hybridized carbons (Fsp3) is 0.667. The number of hydrogen-bond donors (Lipinski definition) is 0. The minimum absolute atomic E-state index is 0.167. The maximum Gasteiger partial charge on any atom is 0.508 e. The van der Waals surface area contributed by atoms with Crippen LogP contribution in [0.5, 0.6) is 0 Å². The minimum Gasteiger partial charge on any atom is -0.431 e. The van der Waals surface area contributed by atoms with Crippen LogP contribution in [0, 0.1) is 0 Å². The van der Waals surface area contributed by atoms with Crippen LogP contribution < -0.4 is 0 Å². The van der Waals surface area contributed by atoms with Crippen LogP contribution in [0.3, 0.4) is 0 Å². The first-order valence-corrected chi connectivity index (χ1v) is 2.89. The molecule has 0 amide bonds. The first-order chi connectivity index (χ1) is 4.63. The van der Waals surface area contributed by atoms with Gasteiger partial charge in [-0.25, -0.2) is 4.79 Å². The fourth-order valence-electron chi connectivity index (χ4n) is 0.292. The molecule has 1 aliphatic rings. The number of ether oxygens (including phenoxy) is 2. The molecule has 1 saturated heterocycles. The van der Waals surface area contributed by atoms with Crippen molar-refractivity contribution in [2.45, 2.75) is 13.8 Å². The standard InChI is InChI=1S/C3H4O3.C3H6O/c4-3-5-1-2-6-3;1-3(2)4/h1-2H2;1-2H3. The van der Waals surface area contributed by atoms with Gasteiger partial charge in [0.1, 0.15) is 19.0 Å². The zero-order valence-electron chi connectivity index (χ0n) is 6.05. The van der Waals surface area contributed by atoms with E-state index in [1.807, 2.05) is 0 Å². The molecule has 0 unspecified atom stereocenters. The van der Waals surface area contributed by atoms with Crippen molar-refractivity contribution in [3.05, 3.63) is 0 Å². The number of cyclic esters (lactones) is 2. The summed E-state index contributed by atoms with van der Waals surface area (Å²) >= 11 is 0. The third-order valence-electron chi connectivity index (χ3n) is 0.523. The summed E-state index contributed by atoms with van der Waals surface area (Å²) in [5, 5.41) is 0. The van der Waals surface area contributed by atoms with E-state index in [1.54, 1.807) is 0 Å². The second-order valence-corrected chi connectivity index (χ2v) is 1.86. The van der Waals surface area contributed by atoms with Gasteiger partial charge in [0.2, 0.25) is 0 Å². The quantitative estimate of drug-likeness (QED) is 0.473. The Bertz CT molecular complexity index is 118. The number of rotatable bonds is 0. The van der Waals surface area contributed by atoms with Crippen LogP contribution in [0.1, 0.15) is 13.8 Å². The Hall–Kier alpha value is -1.06. The van der Waals surface area contributed by atoms with E-state index in [0.717, 1.165) is 0 Å². The van der Waals surface area contributed by atoms with Gasteiger partial charge < -0.3 is 14.3 Å². The van der Waals surface area contributed by atoms with Crippen molar-refractivity contribution >= 4 is 11.9 Å². The second-order valence-electron chi connectivity index (χ2n) is 1.86. The molecule has 4 nitrogen and oxygen atoms in total. The Morgan fingerprint density at radius 2 is 1.60 bits per heavy atom. The van der Waals surface area contributed by atoms with Gasteiger partial charge in [-0.05, 0) is 13.8 Å². The molecule has 0 bridgehead atoms.